The molecular formula is C14H10Cl2INO. The van der Waals surface area contributed by atoms with Crippen LogP contribution in [0.5, 0.6) is 0 Å². The minimum Gasteiger partial charge on any atom is -0.322 e. The van der Waals surface area contributed by atoms with Crippen LogP contribution in [0.1, 0.15) is 15.9 Å². The van der Waals surface area contributed by atoms with E-state index in [1.54, 1.807) is 12.1 Å². The van der Waals surface area contributed by atoms with Gasteiger partial charge < -0.3 is 5.32 Å². The zero-order valence-electron chi connectivity index (χ0n) is 9.79. The van der Waals surface area contributed by atoms with E-state index in [-0.39, 0.29) is 5.91 Å². The highest BCUT2D eigenvalue weighted by atomic mass is 127. The van der Waals surface area contributed by atoms with Crippen LogP contribution in [-0.4, -0.2) is 5.91 Å². The van der Waals surface area contributed by atoms with Crippen LogP contribution in [0, 0.1) is 3.57 Å². The highest BCUT2D eigenvalue weighted by molar-refractivity contribution is 14.1. The van der Waals surface area contributed by atoms with Crippen LogP contribution in [-0.2, 0) is 5.88 Å². The summed E-state index contributed by atoms with van der Waals surface area (Å²) in [6.07, 6.45) is 0. The number of nitrogens with one attached hydrogen (secondary N) is 1. The summed E-state index contributed by atoms with van der Waals surface area (Å²) in [5.74, 6) is 0.226. The van der Waals surface area contributed by atoms with Crippen LogP contribution < -0.4 is 5.32 Å². The van der Waals surface area contributed by atoms with Crippen LogP contribution in [0.3, 0.4) is 0 Å². The van der Waals surface area contributed by atoms with Gasteiger partial charge in [0.1, 0.15) is 0 Å². The van der Waals surface area contributed by atoms with Crippen molar-refractivity contribution in [2.45, 2.75) is 5.88 Å². The van der Waals surface area contributed by atoms with Crippen molar-refractivity contribution in [3.8, 4) is 0 Å². The molecule has 1 N–H and O–H groups in total. The van der Waals surface area contributed by atoms with Gasteiger partial charge in [-0.3, -0.25) is 4.79 Å². The van der Waals surface area contributed by atoms with E-state index in [1.165, 1.54) is 0 Å². The van der Waals surface area contributed by atoms with Crippen molar-refractivity contribution in [3.05, 3.63) is 62.2 Å². The lowest BCUT2D eigenvalue weighted by Gasteiger charge is -2.07. The molecule has 2 rings (SSSR count). The van der Waals surface area contributed by atoms with E-state index in [1.807, 2.05) is 30.3 Å². The minimum atomic E-state index is -0.190. The maximum atomic E-state index is 12.1. The molecule has 0 unspecified atom stereocenters. The summed E-state index contributed by atoms with van der Waals surface area (Å²) < 4.78 is 0.917. The Morgan fingerprint density at radius 2 is 2.00 bits per heavy atom. The average molecular weight is 406 g/mol. The maximum absolute atomic E-state index is 12.1. The lowest BCUT2D eigenvalue weighted by atomic mass is 10.2. The maximum Gasteiger partial charge on any atom is 0.255 e. The molecule has 5 heteroatoms. The number of hydrogen-bond donors (Lipinski definition) is 1. The first-order chi connectivity index (χ1) is 9.10. The number of benzene rings is 2. The van der Waals surface area contributed by atoms with Gasteiger partial charge in [-0.05, 0) is 58.5 Å². The third-order valence-electron chi connectivity index (χ3n) is 2.52. The molecule has 1 amide bonds. The molecule has 0 atom stereocenters. The third kappa shape index (κ3) is 3.84. The molecule has 98 valence electrons. The quantitative estimate of drug-likeness (QED) is 0.568. The summed E-state index contributed by atoms with van der Waals surface area (Å²) in [5.41, 5.74) is 2.21. The van der Waals surface area contributed by atoms with Crippen LogP contribution >= 0.6 is 45.8 Å². The normalized spacial score (nSPS) is 10.3. The van der Waals surface area contributed by atoms with Gasteiger partial charge in [0.05, 0.1) is 5.02 Å². The van der Waals surface area contributed by atoms with E-state index in [9.17, 15) is 4.79 Å². The topological polar surface area (TPSA) is 29.1 Å². The Hall–Kier alpha value is -0.780. The van der Waals surface area contributed by atoms with Gasteiger partial charge in [-0.2, -0.15) is 0 Å². The SMILES string of the molecule is O=C(Nc1cccc(CCl)c1)c1ccc(I)c(Cl)c1. The number of halogens is 3. The predicted octanol–water partition coefficient (Wildman–Crippen LogP) is 4.94. The largest absolute Gasteiger partial charge is 0.322 e. The molecule has 0 saturated heterocycles. The van der Waals surface area contributed by atoms with E-state index < -0.39 is 0 Å². The molecule has 2 aromatic carbocycles. The number of carbonyl (C=O) groups excluding carboxylic acids is 1. The molecule has 0 fully saturated rings. The molecule has 0 saturated carbocycles. The Kier molecular flexibility index (Phi) is 5.07. The van der Waals surface area contributed by atoms with Crippen LogP contribution in [0.4, 0.5) is 5.69 Å². The zero-order valence-corrected chi connectivity index (χ0v) is 13.5. The predicted molar refractivity (Wildman–Crippen MR) is 88.1 cm³/mol. The Labute approximate surface area is 135 Å². The standard InChI is InChI=1S/C14H10Cl2INO/c15-8-9-2-1-3-11(6-9)18-14(19)10-4-5-13(17)12(16)7-10/h1-7H,8H2,(H,18,19). The molecule has 0 bridgehead atoms. The van der Waals surface area contributed by atoms with Crippen molar-refractivity contribution < 1.29 is 4.79 Å². The first kappa shape index (κ1) is 14.6. The average Bonchev–Trinajstić information content (AvgIpc) is 2.42. The second-order valence-electron chi connectivity index (χ2n) is 3.92. The van der Waals surface area contributed by atoms with Gasteiger partial charge in [-0.25, -0.2) is 0 Å². The van der Waals surface area contributed by atoms with Crippen molar-refractivity contribution in [2.75, 3.05) is 5.32 Å². The van der Waals surface area contributed by atoms with Gasteiger partial charge in [0.2, 0.25) is 0 Å². The molecule has 0 radical (unpaired) electrons. The molecule has 0 aliphatic carbocycles. The fourth-order valence-electron chi connectivity index (χ4n) is 1.57. The molecule has 0 aliphatic rings. The molecule has 0 aromatic heterocycles. The highest BCUT2D eigenvalue weighted by Crippen LogP contribution is 2.20. The highest BCUT2D eigenvalue weighted by Gasteiger charge is 2.08. The number of alkyl halides is 1. The monoisotopic (exact) mass is 405 g/mol. The first-order valence-corrected chi connectivity index (χ1v) is 7.50. The van der Waals surface area contributed by atoms with Crippen molar-refractivity contribution >= 4 is 57.4 Å². The van der Waals surface area contributed by atoms with E-state index in [0.717, 1.165) is 14.8 Å². The van der Waals surface area contributed by atoms with Gasteiger partial charge in [0.25, 0.3) is 5.91 Å². The van der Waals surface area contributed by atoms with Crippen molar-refractivity contribution in [2.24, 2.45) is 0 Å². The molecule has 19 heavy (non-hydrogen) atoms. The smallest absolute Gasteiger partial charge is 0.255 e. The van der Waals surface area contributed by atoms with Crippen LogP contribution in [0.2, 0.25) is 5.02 Å². The molecule has 2 nitrogen and oxygen atoms in total. The van der Waals surface area contributed by atoms with Gasteiger partial charge in [-0.15, -0.1) is 11.6 Å². The fourth-order valence-corrected chi connectivity index (χ4v) is 2.26. The summed E-state index contributed by atoms with van der Waals surface area (Å²) in [5, 5.41) is 3.39. The second-order valence-corrected chi connectivity index (χ2v) is 5.75. The summed E-state index contributed by atoms with van der Waals surface area (Å²) in [6.45, 7) is 0. The van der Waals surface area contributed by atoms with Gasteiger partial charge in [0, 0.05) is 20.7 Å². The molecule has 2 aromatic rings. The van der Waals surface area contributed by atoms with E-state index in [2.05, 4.69) is 27.9 Å². The second kappa shape index (κ2) is 6.59. The van der Waals surface area contributed by atoms with Crippen molar-refractivity contribution in [1.82, 2.24) is 0 Å². The van der Waals surface area contributed by atoms with E-state index in [0.29, 0.717) is 16.5 Å². The number of amides is 1. The van der Waals surface area contributed by atoms with Crippen LogP contribution in [0.15, 0.2) is 42.5 Å². The first-order valence-electron chi connectivity index (χ1n) is 5.51. The van der Waals surface area contributed by atoms with Gasteiger partial charge in [-0.1, -0.05) is 23.7 Å². The molecule has 0 heterocycles. The van der Waals surface area contributed by atoms with E-state index >= 15 is 0 Å². The summed E-state index contributed by atoms with van der Waals surface area (Å²) >= 11 is 13.9. The minimum absolute atomic E-state index is 0.190. The summed E-state index contributed by atoms with van der Waals surface area (Å²) in [7, 11) is 0. The zero-order chi connectivity index (χ0) is 13.8. The Bertz CT molecular complexity index is 616. The molecule has 0 aliphatic heterocycles. The van der Waals surface area contributed by atoms with Crippen molar-refractivity contribution in [1.29, 1.82) is 0 Å². The number of rotatable bonds is 3. The number of hydrogen-bond acceptors (Lipinski definition) is 1. The van der Waals surface area contributed by atoms with Gasteiger partial charge >= 0.3 is 0 Å². The number of carbonyl (C=O) groups is 1. The lowest BCUT2D eigenvalue weighted by Crippen LogP contribution is -2.12. The van der Waals surface area contributed by atoms with Crippen molar-refractivity contribution in [3.63, 3.8) is 0 Å². The molecular weight excluding hydrogens is 396 g/mol. The van der Waals surface area contributed by atoms with Gasteiger partial charge in [0.15, 0.2) is 0 Å². The fraction of sp³-hybridized carbons (Fsp3) is 0.0714. The van der Waals surface area contributed by atoms with Crippen LogP contribution in [0.25, 0.3) is 0 Å². The Morgan fingerprint density at radius 3 is 2.68 bits per heavy atom. The molecule has 0 spiro atoms. The summed E-state index contributed by atoms with van der Waals surface area (Å²) in [6, 6.07) is 12.6. The number of anilines is 1. The lowest BCUT2D eigenvalue weighted by molar-refractivity contribution is 0.102. The third-order valence-corrected chi connectivity index (χ3v) is 4.40. The Morgan fingerprint density at radius 1 is 1.21 bits per heavy atom. The van der Waals surface area contributed by atoms with E-state index in [4.69, 9.17) is 23.2 Å². The Balaban J connectivity index is 2.18. The summed E-state index contributed by atoms with van der Waals surface area (Å²) in [4.78, 5) is 12.1.